The van der Waals surface area contributed by atoms with Crippen LogP contribution in [0.2, 0.25) is 0 Å². The first kappa shape index (κ1) is 8.88. The van der Waals surface area contributed by atoms with Crippen molar-refractivity contribution in [1.82, 2.24) is 0 Å². The molecule has 0 saturated carbocycles. The first-order valence-corrected chi connectivity index (χ1v) is 2.96. The molecule has 0 bridgehead atoms. The molecule has 9 heavy (non-hydrogen) atoms. The Hall–Kier alpha value is -0.120. The highest BCUT2D eigenvalue weighted by molar-refractivity contribution is 4.99. The van der Waals surface area contributed by atoms with E-state index in [2.05, 4.69) is 0 Å². The predicted molar refractivity (Wildman–Crippen MR) is 35.1 cm³/mol. The van der Waals surface area contributed by atoms with Crippen LogP contribution in [0.3, 0.4) is 0 Å². The normalized spacial score (nSPS) is 10.7. The van der Waals surface area contributed by atoms with Crippen LogP contribution < -0.4 is 5.73 Å². The summed E-state index contributed by atoms with van der Waals surface area (Å²) < 4.78 is 0. The Morgan fingerprint density at radius 3 is 1.89 bits per heavy atom. The van der Waals surface area contributed by atoms with Crippen molar-refractivity contribution in [1.29, 1.82) is 0 Å². The van der Waals surface area contributed by atoms with Crippen molar-refractivity contribution in [2.45, 2.75) is 12.8 Å². The molecule has 0 rings (SSSR count). The fourth-order valence-electron chi connectivity index (χ4n) is 0.579. The first-order valence-electron chi connectivity index (χ1n) is 2.96. The van der Waals surface area contributed by atoms with Gasteiger partial charge >= 0.3 is 0 Å². The van der Waals surface area contributed by atoms with E-state index >= 15 is 0 Å². The zero-order valence-electron chi connectivity index (χ0n) is 5.38. The highest BCUT2D eigenvalue weighted by atomic mass is 16.3. The summed E-state index contributed by atoms with van der Waals surface area (Å²) in [6.45, 7) is 1.64. The lowest BCUT2D eigenvalue weighted by Gasteiger charge is -2.08. The smallest absolute Gasteiger partial charge is 0.0437 e. The molecular formula is C6H13NO2. The Kier molecular flexibility index (Phi) is 5.93. The van der Waals surface area contributed by atoms with Gasteiger partial charge in [-0.15, -0.1) is 0 Å². The van der Waals surface area contributed by atoms with Gasteiger partial charge in [-0.05, 0) is 18.8 Å². The van der Waals surface area contributed by atoms with Gasteiger partial charge in [-0.3, -0.25) is 0 Å². The molecule has 0 spiro atoms. The van der Waals surface area contributed by atoms with Crippen molar-refractivity contribution < 1.29 is 10.2 Å². The highest BCUT2D eigenvalue weighted by Gasteiger charge is 2.04. The minimum Gasteiger partial charge on any atom is -0.396 e. The van der Waals surface area contributed by atoms with Gasteiger partial charge in [0.15, 0.2) is 0 Å². The van der Waals surface area contributed by atoms with Gasteiger partial charge in [0, 0.05) is 19.8 Å². The summed E-state index contributed by atoms with van der Waals surface area (Å²) >= 11 is 0. The van der Waals surface area contributed by atoms with Crippen molar-refractivity contribution in [2.24, 2.45) is 5.73 Å². The molecule has 0 aliphatic rings. The zero-order valence-corrected chi connectivity index (χ0v) is 5.38. The summed E-state index contributed by atoms with van der Waals surface area (Å²) in [6, 6.07) is 0. The third-order valence-corrected chi connectivity index (χ3v) is 1.10. The molecule has 0 aromatic carbocycles. The van der Waals surface area contributed by atoms with Crippen LogP contribution in [0.15, 0.2) is 0 Å². The molecule has 3 nitrogen and oxygen atoms in total. The average molecular weight is 131 g/mol. The van der Waals surface area contributed by atoms with Gasteiger partial charge in [0.25, 0.3) is 0 Å². The van der Waals surface area contributed by atoms with E-state index in [1.807, 2.05) is 0 Å². The van der Waals surface area contributed by atoms with Gasteiger partial charge in [-0.2, -0.15) is 0 Å². The molecule has 0 atom stereocenters. The lowest BCUT2D eigenvalue weighted by molar-refractivity contribution is 0.269. The standard InChI is InChI=1S/C6H13NO2/c7-5-6(1-3-8)2-4-9/h5,8-9H,1-4,7H2. The van der Waals surface area contributed by atoms with Crippen molar-refractivity contribution in [2.75, 3.05) is 13.2 Å². The summed E-state index contributed by atoms with van der Waals surface area (Å²) in [4.78, 5) is 0. The van der Waals surface area contributed by atoms with E-state index in [0.717, 1.165) is 5.92 Å². The molecule has 0 aliphatic heterocycles. The van der Waals surface area contributed by atoms with E-state index < -0.39 is 0 Å². The zero-order chi connectivity index (χ0) is 7.11. The Morgan fingerprint density at radius 2 is 1.67 bits per heavy atom. The van der Waals surface area contributed by atoms with Crippen molar-refractivity contribution in [3.8, 4) is 0 Å². The fraction of sp³-hybridized carbons (Fsp3) is 0.667. The van der Waals surface area contributed by atoms with Gasteiger partial charge < -0.3 is 15.9 Å². The van der Waals surface area contributed by atoms with Crippen LogP contribution in [-0.2, 0) is 0 Å². The van der Waals surface area contributed by atoms with Crippen molar-refractivity contribution in [3.63, 3.8) is 0 Å². The lowest BCUT2D eigenvalue weighted by atomic mass is 10.0. The number of hydrogen-bond donors (Lipinski definition) is 3. The van der Waals surface area contributed by atoms with E-state index in [1.165, 1.54) is 6.54 Å². The van der Waals surface area contributed by atoms with Gasteiger partial charge in [0.2, 0.25) is 0 Å². The maximum atomic E-state index is 8.42. The molecule has 0 aliphatic carbocycles. The molecular weight excluding hydrogens is 118 g/mol. The number of rotatable bonds is 5. The van der Waals surface area contributed by atoms with Crippen LogP contribution >= 0.6 is 0 Å². The highest BCUT2D eigenvalue weighted by Crippen LogP contribution is 2.09. The Morgan fingerprint density at radius 1 is 1.22 bits per heavy atom. The summed E-state index contributed by atoms with van der Waals surface area (Å²) in [6.07, 6.45) is 1.13. The Balaban J connectivity index is 3.18. The van der Waals surface area contributed by atoms with Gasteiger partial charge in [-0.1, -0.05) is 0 Å². The van der Waals surface area contributed by atoms with Crippen LogP contribution in [0.5, 0.6) is 0 Å². The molecule has 0 amide bonds. The number of aliphatic hydroxyl groups is 2. The third kappa shape index (κ3) is 4.39. The minimum atomic E-state index is 0.100. The predicted octanol–water partition coefficient (Wildman–Crippen LogP) is -0.554. The quantitative estimate of drug-likeness (QED) is 0.469. The first-order chi connectivity index (χ1) is 4.35. The van der Waals surface area contributed by atoms with E-state index in [1.54, 1.807) is 0 Å². The second-order valence-electron chi connectivity index (χ2n) is 1.77. The second-order valence-corrected chi connectivity index (χ2v) is 1.77. The lowest BCUT2D eigenvalue weighted by Crippen LogP contribution is -2.09. The second kappa shape index (κ2) is 6.01. The Labute approximate surface area is 55.5 Å². The van der Waals surface area contributed by atoms with Gasteiger partial charge in [0.05, 0.1) is 0 Å². The largest absolute Gasteiger partial charge is 0.396 e. The van der Waals surface area contributed by atoms with Crippen LogP contribution in [-0.4, -0.2) is 23.4 Å². The van der Waals surface area contributed by atoms with Crippen LogP contribution in [0.1, 0.15) is 12.8 Å². The summed E-state index contributed by atoms with van der Waals surface area (Å²) in [7, 11) is 0. The van der Waals surface area contributed by atoms with E-state index in [4.69, 9.17) is 15.9 Å². The summed E-state index contributed by atoms with van der Waals surface area (Å²) in [5.74, 6) is 0.903. The van der Waals surface area contributed by atoms with Crippen molar-refractivity contribution >= 4 is 0 Å². The molecule has 3 heteroatoms. The monoisotopic (exact) mass is 131 g/mol. The van der Waals surface area contributed by atoms with Gasteiger partial charge in [-0.25, -0.2) is 0 Å². The molecule has 0 heterocycles. The van der Waals surface area contributed by atoms with Crippen LogP contribution in [0, 0.1) is 12.5 Å². The summed E-state index contributed by atoms with van der Waals surface area (Å²) in [5, 5.41) is 16.8. The molecule has 0 aromatic heterocycles. The minimum absolute atomic E-state index is 0.100. The van der Waals surface area contributed by atoms with Crippen LogP contribution in [0.4, 0.5) is 0 Å². The van der Waals surface area contributed by atoms with Crippen LogP contribution in [0.25, 0.3) is 0 Å². The topological polar surface area (TPSA) is 66.5 Å². The molecule has 2 radical (unpaired) electrons. The third-order valence-electron chi connectivity index (χ3n) is 1.10. The molecule has 0 aromatic rings. The molecule has 0 fully saturated rings. The van der Waals surface area contributed by atoms with E-state index in [0.29, 0.717) is 12.8 Å². The summed E-state index contributed by atoms with van der Waals surface area (Å²) in [5.41, 5.74) is 5.16. The average Bonchev–Trinajstić information content (AvgIpc) is 1.88. The fourth-order valence-corrected chi connectivity index (χ4v) is 0.579. The van der Waals surface area contributed by atoms with Crippen molar-refractivity contribution in [3.05, 3.63) is 12.5 Å². The molecule has 54 valence electrons. The molecule has 4 N–H and O–H groups in total. The van der Waals surface area contributed by atoms with E-state index in [9.17, 15) is 0 Å². The number of aliphatic hydroxyl groups excluding tert-OH is 2. The maximum Gasteiger partial charge on any atom is 0.0437 e. The number of hydrogen-bond acceptors (Lipinski definition) is 3. The Bertz CT molecular complexity index is 53.0. The van der Waals surface area contributed by atoms with Gasteiger partial charge in [0.1, 0.15) is 0 Å². The molecule has 0 saturated heterocycles. The number of nitrogens with two attached hydrogens (primary N) is 1. The molecule has 0 unspecified atom stereocenters. The van der Waals surface area contributed by atoms with E-state index in [-0.39, 0.29) is 13.2 Å². The maximum absolute atomic E-state index is 8.42. The SMILES string of the molecule is N[CH][C](CCO)CCO.